The topological polar surface area (TPSA) is 70.9 Å². The molecule has 0 saturated carbocycles. The van der Waals surface area contributed by atoms with Gasteiger partial charge in [0, 0.05) is 24.7 Å². The van der Waals surface area contributed by atoms with Crippen LogP contribution in [0, 0.1) is 7.14 Å². The van der Waals surface area contributed by atoms with E-state index in [1.54, 1.807) is 48.5 Å². The molecule has 3 aromatic rings. The molecule has 0 spiro atoms. The van der Waals surface area contributed by atoms with Crippen molar-refractivity contribution in [3.05, 3.63) is 88.5 Å². The van der Waals surface area contributed by atoms with E-state index < -0.39 is 5.91 Å². The summed E-state index contributed by atoms with van der Waals surface area (Å²) in [5.74, 6) is 0.0596. The van der Waals surface area contributed by atoms with Crippen molar-refractivity contribution in [2.75, 3.05) is 0 Å². The molecular formula is C21H14Cl2I2N2O3. The molecule has 0 bridgehead atoms. The molecule has 3 aromatic carbocycles. The zero-order valence-electron chi connectivity index (χ0n) is 15.2. The number of nitrogens with one attached hydrogen (secondary N) is 1. The second-order valence-electron chi connectivity index (χ2n) is 6.05. The molecule has 0 aliphatic carbocycles. The van der Waals surface area contributed by atoms with E-state index in [9.17, 15) is 9.90 Å². The first-order chi connectivity index (χ1) is 14.3. The number of carbonyl (C=O) groups is 1. The number of hydrogen-bond donors (Lipinski definition) is 2. The number of carbonyl (C=O) groups excluding carboxylic acids is 1. The second-order valence-corrected chi connectivity index (χ2v) is 9.30. The Labute approximate surface area is 210 Å². The number of benzene rings is 3. The molecule has 0 heterocycles. The fourth-order valence-electron chi connectivity index (χ4n) is 2.48. The Morgan fingerprint density at radius 3 is 2.67 bits per heavy atom. The van der Waals surface area contributed by atoms with E-state index in [1.165, 1.54) is 6.21 Å². The summed E-state index contributed by atoms with van der Waals surface area (Å²) in [6.45, 7) is 0.179. The van der Waals surface area contributed by atoms with Crippen LogP contribution >= 0.6 is 68.4 Å². The van der Waals surface area contributed by atoms with Crippen LogP contribution in [0.2, 0.25) is 10.0 Å². The van der Waals surface area contributed by atoms with Crippen molar-refractivity contribution in [3.63, 3.8) is 0 Å². The number of phenols is 1. The highest BCUT2D eigenvalue weighted by Gasteiger charge is 2.13. The summed E-state index contributed by atoms with van der Waals surface area (Å²) in [6, 6.07) is 15.6. The minimum Gasteiger partial charge on any atom is -0.506 e. The predicted molar refractivity (Wildman–Crippen MR) is 136 cm³/mol. The van der Waals surface area contributed by atoms with E-state index in [0.717, 1.165) is 9.13 Å². The summed E-state index contributed by atoms with van der Waals surface area (Å²) in [6.07, 6.45) is 1.40. The molecule has 0 aromatic heterocycles. The van der Waals surface area contributed by atoms with Gasteiger partial charge in [-0.05, 0) is 81.6 Å². The van der Waals surface area contributed by atoms with Gasteiger partial charge in [-0.25, -0.2) is 5.43 Å². The summed E-state index contributed by atoms with van der Waals surface area (Å²) < 4.78 is 7.45. The fourth-order valence-corrected chi connectivity index (χ4v) is 4.83. The maximum absolute atomic E-state index is 12.6. The molecule has 3 rings (SSSR count). The highest BCUT2D eigenvalue weighted by Crippen LogP contribution is 2.26. The van der Waals surface area contributed by atoms with Gasteiger partial charge >= 0.3 is 0 Å². The lowest BCUT2D eigenvalue weighted by Crippen LogP contribution is -2.18. The minimum atomic E-state index is -0.441. The zero-order valence-corrected chi connectivity index (χ0v) is 21.0. The number of hydrogen-bond acceptors (Lipinski definition) is 4. The van der Waals surface area contributed by atoms with Gasteiger partial charge in [-0.2, -0.15) is 5.10 Å². The Morgan fingerprint density at radius 2 is 1.90 bits per heavy atom. The van der Waals surface area contributed by atoms with E-state index in [4.69, 9.17) is 27.9 Å². The van der Waals surface area contributed by atoms with Gasteiger partial charge in [-0.1, -0.05) is 41.4 Å². The van der Waals surface area contributed by atoms with Crippen LogP contribution in [0.25, 0.3) is 0 Å². The van der Waals surface area contributed by atoms with Crippen LogP contribution in [0.3, 0.4) is 0 Å². The van der Waals surface area contributed by atoms with Crippen LogP contribution < -0.4 is 10.2 Å². The number of hydrazone groups is 1. The molecule has 0 saturated heterocycles. The molecule has 5 nitrogen and oxygen atoms in total. The molecule has 30 heavy (non-hydrogen) atoms. The minimum absolute atomic E-state index is 0.109. The molecular weight excluding hydrogens is 653 g/mol. The molecule has 1 amide bonds. The second kappa shape index (κ2) is 10.7. The molecule has 0 aliphatic rings. The molecule has 0 aliphatic heterocycles. The Hall–Kier alpha value is -1.56. The normalized spacial score (nSPS) is 10.9. The molecule has 0 fully saturated rings. The summed E-state index contributed by atoms with van der Waals surface area (Å²) in [5.41, 5.74) is 4.04. The van der Waals surface area contributed by atoms with Crippen molar-refractivity contribution < 1.29 is 14.6 Å². The van der Waals surface area contributed by atoms with Crippen LogP contribution in [-0.4, -0.2) is 17.2 Å². The third-order valence-electron chi connectivity index (χ3n) is 3.96. The quantitative estimate of drug-likeness (QED) is 0.186. The summed E-state index contributed by atoms with van der Waals surface area (Å²) in [7, 11) is 0. The Balaban J connectivity index is 1.71. The van der Waals surface area contributed by atoms with Crippen molar-refractivity contribution in [2.24, 2.45) is 5.10 Å². The maximum Gasteiger partial charge on any atom is 0.275 e. The lowest BCUT2D eigenvalue weighted by atomic mass is 10.2. The smallest absolute Gasteiger partial charge is 0.275 e. The molecule has 154 valence electrons. The van der Waals surface area contributed by atoms with Crippen LogP contribution in [0.15, 0.2) is 59.7 Å². The van der Waals surface area contributed by atoms with Gasteiger partial charge in [-0.3, -0.25) is 4.79 Å². The molecule has 9 heteroatoms. The van der Waals surface area contributed by atoms with E-state index in [1.807, 2.05) is 28.7 Å². The van der Waals surface area contributed by atoms with Gasteiger partial charge in [0.05, 0.1) is 15.3 Å². The third kappa shape index (κ3) is 5.99. The van der Waals surface area contributed by atoms with Crippen molar-refractivity contribution in [1.29, 1.82) is 0 Å². The summed E-state index contributed by atoms with van der Waals surface area (Å²) in [5, 5.41) is 15.1. The number of amides is 1. The van der Waals surface area contributed by atoms with E-state index in [2.05, 4.69) is 33.1 Å². The zero-order chi connectivity index (χ0) is 21.7. The standard InChI is InChI=1S/C21H14Cl2I2N2O3/c22-14-6-5-12(17(23)8-14)11-30-19-4-2-1-3-16(19)21(29)27-26-10-13-7-15(24)9-18(25)20(13)28/h1-10,28H,11H2,(H,27,29)/b26-10+. The van der Waals surface area contributed by atoms with Crippen LogP contribution in [0.4, 0.5) is 0 Å². The number of nitrogens with zero attached hydrogens (tertiary/aromatic N) is 1. The monoisotopic (exact) mass is 666 g/mol. The average Bonchev–Trinajstić information content (AvgIpc) is 2.71. The molecule has 0 unspecified atom stereocenters. The highest BCUT2D eigenvalue weighted by atomic mass is 127. The van der Waals surface area contributed by atoms with Crippen molar-refractivity contribution in [2.45, 2.75) is 6.61 Å². The fraction of sp³-hybridized carbons (Fsp3) is 0.0476. The first kappa shape index (κ1) is 23.1. The maximum atomic E-state index is 12.6. The number of phenolic OH excluding ortho intramolecular Hbond substituents is 1. The van der Waals surface area contributed by atoms with E-state index in [0.29, 0.717) is 30.5 Å². The number of para-hydroxylation sites is 1. The Morgan fingerprint density at radius 1 is 1.13 bits per heavy atom. The molecule has 0 radical (unpaired) electrons. The van der Waals surface area contributed by atoms with Gasteiger partial charge in [0.25, 0.3) is 5.91 Å². The van der Waals surface area contributed by atoms with Gasteiger partial charge in [-0.15, -0.1) is 0 Å². The number of rotatable bonds is 6. The van der Waals surface area contributed by atoms with Crippen molar-refractivity contribution in [1.82, 2.24) is 5.43 Å². The number of ether oxygens (including phenoxy) is 1. The van der Waals surface area contributed by atoms with Gasteiger partial charge in [0.15, 0.2) is 0 Å². The lowest BCUT2D eigenvalue weighted by molar-refractivity contribution is 0.0950. The number of halogens is 4. The van der Waals surface area contributed by atoms with Crippen LogP contribution in [0.5, 0.6) is 11.5 Å². The molecule has 2 N–H and O–H groups in total. The van der Waals surface area contributed by atoms with Crippen LogP contribution in [0.1, 0.15) is 21.5 Å². The Kier molecular flexibility index (Phi) is 8.20. The van der Waals surface area contributed by atoms with Crippen LogP contribution in [-0.2, 0) is 6.61 Å². The predicted octanol–water partition coefficient (Wildman–Crippen LogP) is 6.25. The SMILES string of the molecule is O=C(N/N=C/c1cc(I)cc(I)c1O)c1ccccc1OCc1ccc(Cl)cc1Cl. The van der Waals surface area contributed by atoms with Gasteiger partial charge in [0.2, 0.25) is 0 Å². The first-order valence-electron chi connectivity index (χ1n) is 8.52. The number of aromatic hydroxyl groups is 1. The average molecular weight is 667 g/mol. The largest absolute Gasteiger partial charge is 0.506 e. The first-order valence-corrected chi connectivity index (χ1v) is 11.4. The van der Waals surface area contributed by atoms with Gasteiger partial charge in [0.1, 0.15) is 18.1 Å². The van der Waals surface area contributed by atoms with E-state index in [-0.39, 0.29) is 12.4 Å². The summed E-state index contributed by atoms with van der Waals surface area (Å²) >= 11 is 16.3. The Bertz CT molecular complexity index is 1120. The lowest BCUT2D eigenvalue weighted by Gasteiger charge is -2.11. The van der Waals surface area contributed by atoms with Crippen molar-refractivity contribution in [3.8, 4) is 11.5 Å². The molecule has 0 atom stereocenters. The third-order valence-corrected chi connectivity index (χ3v) is 5.99. The van der Waals surface area contributed by atoms with E-state index >= 15 is 0 Å². The van der Waals surface area contributed by atoms with Crippen molar-refractivity contribution >= 4 is 80.5 Å². The highest BCUT2D eigenvalue weighted by molar-refractivity contribution is 14.1. The van der Waals surface area contributed by atoms with Gasteiger partial charge < -0.3 is 9.84 Å². The summed E-state index contributed by atoms with van der Waals surface area (Å²) in [4.78, 5) is 12.6.